The minimum atomic E-state index is -0.0735. The van der Waals surface area contributed by atoms with Gasteiger partial charge in [-0.2, -0.15) is 0 Å². The molecule has 102 valence electrons. The lowest BCUT2D eigenvalue weighted by Gasteiger charge is -2.11. The van der Waals surface area contributed by atoms with Gasteiger partial charge in [0.1, 0.15) is 10.8 Å². The van der Waals surface area contributed by atoms with Gasteiger partial charge in [0.25, 0.3) is 0 Å². The fourth-order valence-electron chi connectivity index (χ4n) is 1.51. The molecule has 0 radical (unpaired) electrons. The van der Waals surface area contributed by atoms with E-state index in [1.54, 1.807) is 11.8 Å². The van der Waals surface area contributed by atoms with Crippen LogP contribution in [0.1, 0.15) is 33.1 Å². The molecule has 0 amide bonds. The average Bonchev–Trinajstić information content (AvgIpc) is 2.34. The maximum Gasteiger partial charge on any atom is 0.137 e. The number of halogens is 3. The Morgan fingerprint density at radius 3 is 2.56 bits per heavy atom. The summed E-state index contributed by atoms with van der Waals surface area (Å²) in [5.41, 5.74) is 0. The zero-order valence-electron chi connectivity index (χ0n) is 10.5. The van der Waals surface area contributed by atoms with Crippen LogP contribution in [0.15, 0.2) is 11.0 Å². The van der Waals surface area contributed by atoms with Gasteiger partial charge in [0.05, 0.1) is 10.0 Å². The molecule has 5 heteroatoms. The first-order chi connectivity index (χ1) is 8.47. The van der Waals surface area contributed by atoms with E-state index in [0.29, 0.717) is 10.0 Å². The highest BCUT2D eigenvalue weighted by atomic mass is 35.5. The van der Waals surface area contributed by atoms with Crippen LogP contribution >= 0.6 is 46.6 Å². The van der Waals surface area contributed by atoms with E-state index >= 15 is 0 Å². The molecule has 1 atom stereocenters. The van der Waals surface area contributed by atoms with Crippen LogP contribution < -0.4 is 0 Å². The third-order valence-corrected chi connectivity index (χ3v) is 5.47. The van der Waals surface area contributed by atoms with Crippen molar-refractivity contribution in [2.24, 2.45) is 5.92 Å². The predicted molar refractivity (Wildman–Crippen MR) is 82.5 cm³/mol. The summed E-state index contributed by atoms with van der Waals surface area (Å²) in [4.78, 5) is 0.755. The molecule has 0 aliphatic rings. The largest absolute Gasteiger partial charge is 0.506 e. The maximum absolute atomic E-state index is 9.47. The lowest BCUT2D eigenvalue weighted by atomic mass is 10.0. The zero-order valence-corrected chi connectivity index (χ0v) is 13.6. The van der Waals surface area contributed by atoms with Crippen LogP contribution in [0.3, 0.4) is 0 Å². The van der Waals surface area contributed by atoms with E-state index in [1.165, 1.54) is 18.9 Å². The number of phenols is 1. The number of benzene rings is 1. The summed E-state index contributed by atoms with van der Waals surface area (Å²) in [5, 5.41) is 10.4. The van der Waals surface area contributed by atoms with E-state index in [4.69, 9.17) is 34.8 Å². The summed E-state index contributed by atoms with van der Waals surface area (Å²) < 4.78 is 0. The summed E-state index contributed by atoms with van der Waals surface area (Å²) in [5.74, 6) is 1.63. The molecule has 0 fully saturated rings. The fraction of sp³-hybridized carbons (Fsp3) is 0.538. The second-order valence-electron chi connectivity index (χ2n) is 4.34. The lowest BCUT2D eigenvalue weighted by Crippen LogP contribution is -1.93. The Hall–Kier alpha value is 0.240. The molecule has 1 aromatic rings. The molecule has 0 aliphatic carbocycles. The van der Waals surface area contributed by atoms with Crippen molar-refractivity contribution < 1.29 is 5.11 Å². The zero-order chi connectivity index (χ0) is 13.7. The van der Waals surface area contributed by atoms with E-state index in [0.717, 1.165) is 23.0 Å². The number of hydrogen-bond acceptors (Lipinski definition) is 2. The third kappa shape index (κ3) is 4.41. The van der Waals surface area contributed by atoms with Crippen molar-refractivity contribution in [1.82, 2.24) is 0 Å². The Morgan fingerprint density at radius 2 is 1.94 bits per heavy atom. The van der Waals surface area contributed by atoms with Crippen LogP contribution in [0.25, 0.3) is 0 Å². The predicted octanol–water partition coefficient (Wildman–Crippen LogP) is 6.27. The Morgan fingerprint density at radius 1 is 1.28 bits per heavy atom. The first-order valence-corrected chi connectivity index (χ1v) is 8.08. The normalized spacial score (nSPS) is 12.7. The van der Waals surface area contributed by atoms with Gasteiger partial charge in [-0.15, -0.1) is 11.8 Å². The molecule has 0 bridgehead atoms. The van der Waals surface area contributed by atoms with Crippen molar-refractivity contribution in [2.75, 3.05) is 5.75 Å². The van der Waals surface area contributed by atoms with Gasteiger partial charge in [-0.3, -0.25) is 0 Å². The molecule has 0 spiro atoms. The van der Waals surface area contributed by atoms with Gasteiger partial charge >= 0.3 is 0 Å². The van der Waals surface area contributed by atoms with Crippen molar-refractivity contribution >= 4 is 46.6 Å². The number of phenolic OH excluding ortho intramolecular Hbond substituents is 1. The highest BCUT2D eigenvalue weighted by Gasteiger charge is 2.14. The van der Waals surface area contributed by atoms with Crippen LogP contribution in [0, 0.1) is 5.92 Å². The van der Waals surface area contributed by atoms with Gasteiger partial charge < -0.3 is 5.11 Å². The molecule has 18 heavy (non-hydrogen) atoms. The van der Waals surface area contributed by atoms with E-state index in [9.17, 15) is 5.11 Å². The third-order valence-electron chi connectivity index (χ3n) is 2.88. The van der Waals surface area contributed by atoms with E-state index < -0.39 is 0 Å². The smallest absolute Gasteiger partial charge is 0.137 e. The molecule has 1 unspecified atom stereocenters. The molecule has 0 aromatic heterocycles. The van der Waals surface area contributed by atoms with E-state index in [2.05, 4.69) is 13.8 Å². The lowest BCUT2D eigenvalue weighted by molar-refractivity contribution is 0.475. The molecule has 1 nitrogen and oxygen atoms in total. The second-order valence-corrected chi connectivity index (χ2v) is 6.61. The van der Waals surface area contributed by atoms with Crippen LogP contribution in [-0.2, 0) is 0 Å². The van der Waals surface area contributed by atoms with E-state index in [1.807, 2.05) is 0 Å². The monoisotopic (exact) mass is 326 g/mol. The molecule has 1 rings (SSSR count). The molecule has 1 N–H and O–H groups in total. The van der Waals surface area contributed by atoms with Crippen LogP contribution in [0.2, 0.25) is 15.1 Å². The molecule has 0 saturated carbocycles. The summed E-state index contributed by atoms with van der Waals surface area (Å²) in [6, 6.07) is 1.44. The highest BCUT2D eigenvalue weighted by molar-refractivity contribution is 7.99. The Labute approximate surface area is 128 Å². The molecule has 1 aromatic carbocycles. The van der Waals surface area contributed by atoms with Crippen molar-refractivity contribution in [2.45, 2.75) is 38.0 Å². The highest BCUT2D eigenvalue weighted by Crippen LogP contribution is 2.43. The van der Waals surface area contributed by atoms with E-state index in [-0.39, 0.29) is 10.8 Å². The molecule has 0 saturated heterocycles. The number of thioether (sulfide) groups is 1. The summed E-state index contributed by atoms with van der Waals surface area (Å²) in [6.45, 7) is 4.45. The molecular weight excluding hydrogens is 311 g/mol. The van der Waals surface area contributed by atoms with Gasteiger partial charge in [0, 0.05) is 11.0 Å². The van der Waals surface area contributed by atoms with Crippen molar-refractivity contribution in [3.63, 3.8) is 0 Å². The van der Waals surface area contributed by atoms with Gasteiger partial charge in [0.2, 0.25) is 0 Å². The van der Waals surface area contributed by atoms with Crippen LogP contribution in [0.5, 0.6) is 5.75 Å². The minimum Gasteiger partial charge on any atom is -0.506 e. The van der Waals surface area contributed by atoms with Gasteiger partial charge in [-0.05, 0) is 24.5 Å². The van der Waals surface area contributed by atoms with Crippen molar-refractivity contribution in [3.05, 3.63) is 21.1 Å². The first kappa shape index (κ1) is 16.3. The molecule has 0 aliphatic heterocycles. The molecular formula is C13H17Cl3OS. The second kappa shape index (κ2) is 7.74. The quantitative estimate of drug-likeness (QED) is 0.377. The Bertz CT molecular complexity index is 410. The number of hydrogen-bond donors (Lipinski definition) is 1. The summed E-state index contributed by atoms with van der Waals surface area (Å²) in [6.07, 6.45) is 3.52. The van der Waals surface area contributed by atoms with Gasteiger partial charge in [-0.25, -0.2) is 0 Å². The standard InChI is InChI=1S/C13H17Cl3OS/c1-3-8(2)5-4-6-18-13-9(14)7-10(17)11(15)12(13)16/h7-8,17H,3-6H2,1-2H3. The molecule has 0 heterocycles. The number of rotatable bonds is 6. The SMILES string of the molecule is CCC(C)CCCSc1c(Cl)cc(O)c(Cl)c1Cl. The van der Waals surface area contributed by atoms with Gasteiger partial charge in [0.15, 0.2) is 0 Å². The Balaban J connectivity index is 2.60. The summed E-state index contributed by atoms with van der Waals surface area (Å²) >= 11 is 19.6. The fourth-order valence-corrected chi connectivity index (χ4v) is 3.43. The van der Waals surface area contributed by atoms with Crippen molar-refractivity contribution in [1.29, 1.82) is 0 Å². The summed E-state index contributed by atoms with van der Waals surface area (Å²) in [7, 11) is 0. The average molecular weight is 328 g/mol. The van der Waals surface area contributed by atoms with Crippen LogP contribution in [0.4, 0.5) is 0 Å². The van der Waals surface area contributed by atoms with Crippen molar-refractivity contribution in [3.8, 4) is 5.75 Å². The minimum absolute atomic E-state index is 0.0735. The van der Waals surface area contributed by atoms with Gasteiger partial charge in [-0.1, -0.05) is 55.1 Å². The number of aromatic hydroxyl groups is 1. The van der Waals surface area contributed by atoms with Crippen LogP contribution in [-0.4, -0.2) is 10.9 Å². The maximum atomic E-state index is 9.47. The first-order valence-electron chi connectivity index (χ1n) is 5.96. The Kier molecular flexibility index (Phi) is 7.01. The topological polar surface area (TPSA) is 20.2 Å².